The first-order chi connectivity index (χ1) is 12.4. The third-order valence-corrected chi connectivity index (χ3v) is 4.98. The number of halogens is 1. The Kier molecular flexibility index (Phi) is 7.25. The third-order valence-electron chi connectivity index (χ3n) is 3.57. The zero-order valence-electron chi connectivity index (χ0n) is 15.3. The lowest BCUT2D eigenvalue weighted by atomic mass is 10.2. The number of nitrogens with zero attached hydrogens (tertiary/aromatic N) is 2. The van der Waals surface area contributed by atoms with Crippen LogP contribution < -0.4 is 9.47 Å². The zero-order valence-corrected chi connectivity index (χ0v) is 16.9. The van der Waals surface area contributed by atoms with Gasteiger partial charge in [-0.3, -0.25) is 0 Å². The summed E-state index contributed by atoms with van der Waals surface area (Å²) in [6.45, 7) is 5.45. The molecule has 1 aromatic carbocycles. The summed E-state index contributed by atoms with van der Waals surface area (Å²) in [6.07, 6.45) is 0.552. The number of aromatic nitrogens is 1. The number of benzene rings is 1. The number of hydrogen-bond donors (Lipinski definition) is 1. The van der Waals surface area contributed by atoms with Gasteiger partial charge < -0.3 is 19.5 Å². The number of rotatable bonds is 9. The lowest BCUT2D eigenvalue weighted by Crippen LogP contribution is -2.19. The van der Waals surface area contributed by atoms with Crippen molar-refractivity contribution < 1.29 is 19.4 Å². The predicted molar refractivity (Wildman–Crippen MR) is 104 cm³/mol. The number of carboxylic acids is 1. The van der Waals surface area contributed by atoms with Crippen LogP contribution in [-0.2, 0) is 6.42 Å². The normalized spacial score (nSPS) is 11.0. The number of carbonyl (C=O) groups is 1. The van der Waals surface area contributed by atoms with Crippen LogP contribution in [0.2, 0.25) is 5.02 Å². The van der Waals surface area contributed by atoms with Gasteiger partial charge in [-0.25, -0.2) is 9.78 Å². The van der Waals surface area contributed by atoms with Crippen LogP contribution in [0, 0.1) is 0 Å². The van der Waals surface area contributed by atoms with E-state index in [4.69, 9.17) is 21.1 Å². The fraction of sp³-hybridized carbons (Fsp3) is 0.444. The van der Waals surface area contributed by atoms with Gasteiger partial charge in [-0.2, -0.15) is 0 Å². The van der Waals surface area contributed by atoms with Gasteiger partial charge in [0.2, 0.25) is 0 Å². The van der Waals surface area contributed by atoms with Crippen molar-refractivity contribution in [1.82, 2.24) is 9.88 Å². The first kappa shape index (κ1) is 20.5. The van der Waals surface area contributed by atoms with Gasteiger partial charge in [-0.15, -0.1) is 11.3 Å². The number of hydrogen-bond acceptors (Lipinski definition) is 6. The monoisotopic (exact) mass is 398 g/mol. The molecule has 1 heterocycles. The molecule has 2 aromatic rings. The summed E-state index contributed by atoms with van der Waals surface area (Å²) in [7, 11) is 3.93. The molecule has 0 saturated heterocycles. The number of ether oxygens (including phenoxy) is 2. The summed E-state index contributed by atoms with van der Waals surface area (Å²) in [5.41, 5.74) is 1.28. The highest BCUT2D eigenvalue weighted by atomic mass is 35.5. The molecule has 6 nitrogen and oxygen atoms in total. The molecule has 26 heavy (non-hydrogen) atoms. The van der Waals surface area contributed by atoms with E-state index in [9.17, 15) is 9.90 Å². The molecule has 0 fully saturated rings. The van der Waals surface area contributed by atoms with Crippen LogP contribution in [0.3, 0.4) is 0 Å². The van der Waals surface area contributed by atoms with Crippen molar-refractivity contribution in [3.05, 3.63) is 27.7 Å². The van der Waals surface area contributed by atoms with Gasteiger partial charge in [-0.05, 0) is 39.6 Å². The molecule has 8 heteroatoms. The highest BCUT2D eigenvalue weighted by molar-refractivity contribution is 7.17. The number of aromatic carboxylic acids is 1. The molecule has 0 spiro atoms. The summed E-state index contributed by atoms with van der Waals surface area (Å²) in [4.78, 5) is 18.1. The largest absolute Gasteiger partial charge is 0.490 e. The molecule has 0 aliphatic rings. The van der Waals surface area contributed by atoms with Gasteiger partial charge in [0.25, 0.3) is 0 Å². The third kappa shape index (κ3) is 4.87. The Morgan fingerprint density at radius 3 is 2.58 bits per heavy atom. The predicted octanol–water partition coefficient (Wildman–Crippen LogP) is 4.06. The van der Waals surface area contributed by atoms with Crippen molar-refractivity contribution in [2.75, 3.05) is 33.9 Å². The summed E-state index contributed by atoms with van der Waals surface area (Å²) in [5, 5.41) is 10.3. The van der Waals surface area contributed by atoms with E-state index in [0.29, 0.717) is 52.4 Å². The molecule has 1 aromatic heterocycles. The second kappa shape index (κ2) is 9.21. The lowest BCUT2D eigenvalue weighted by molar-refractivity contribution is 0.0701. The average Bonchev–Trinajstić information content (AvgIpc) is 3.01. The van der Waals surface area contributed by atoms with Gasteiger partial charge in [0.05, 0.1) is 17.3 Å². The molecule has 142 valence electrons. The minimum atomic E-state index is -0.967. The summed E-state index contributed by atoms with van der Waals surface area (Å²) in [5.74, 6) is 0.0501. The summed E-state index contributed by atoms with van der Waals surface area (Å²) >= 11 is 7.56. The molecular formula is C18H23ClN2O4S. The molecule has 0 aliphatic carbocycles. The van der Waals surface area contributed by atoms with Crippen LogP contribution in [0.1, 0.15) is 29.2 Å². The van der Waals surface area contributed by atoms with Crippen LogP contribution in [0.4, 0.5) is 0 Å². The first-order valence-electron chi connectivity index (χ1n) is 8.34. The molecule has 0 amide bonds. The fourth-order valence-corrected chi connectivity index (χ4v) is 3.55. The van der Waals surface area contributed by atoms with Gasteiger partial charge in [0, 0.05) is 12.1 Å². The van der Waals surface area contributed by atoms with Crippen LogP contribution in [0.25, 0.3) is 10.6 Å². The molecule has 0 unspecified atom stereocenters. The minimum Gasteiger partial charge on any atom is -0.490 e. The topological polar surface area (TPSA) is 71.9 Å². The second-order valence-corrected chi connectivity index (χ2v) is 7.23. The molecular weight excluding hydrogens is 376 g/mol. The SMILES string of the molecule is CCOc1cc(-c2nc(CC)c(C(=O)O)s2)cc(Cl)c1OCCN(C)C. The molecule has 2 rings (SSSR count). The van der Waals surface area contributed by atoms with Crippen LogP contribution in [-0.4, -0.2) is 54.8 Å². The highest BCUT2D eigenvalue weighted by Gasteiger charge is 2.20. The Morgan fingerprint density at radius 2 is 2.04 bits per heavy atom. The smallest absolute Gasteiger partial charge is 0.347 e. The number of likely N-dealkylation sites (N-methyl/N-ethyl adjacent to an activating group) is 1. The number of carboxylic acid groups (broad SMARTS) is 1. The van der Waals surface area contributed by atoms with Crippen molar-refractivity contribution in [1.29, 1.82) is 0 Å². The van der Waals surface area contributed by atoms with E-state index in [0.717, 1.165) is 17.9 Å². The molecule has 0 radical (unpaired) electrons. The zero-order chi connectivity index (χ0) is 19.3. The van der Waals surface area contributed by atoms with Crippen molar-refractivity contribution in [2.24, 2.45) is 0 Å². The summed E-state index contributed by atoms with van der Waals surface area (Å²) in [6, 6.07) is 3.53. The Bertz CT molecular complexity index is 777. The van der Waals surface area contributed by atoms with Gasteiger partial charge >= 0.3 is 5.97 Å². The quantitative estimate of drug-likeness (QED) is 0.686. The lowest BCUT2D eigenvalue weighted by Gasteiger charge is -2.16. The van der Waals surface area contributed by atoms with Crippen molar-refractivity contribution in [2.45, 2.75) is 20.3 Å². The van der Waals surface area contributed by atoms with Crippen LogP contribution >= 0.6 is 22.9 Å². The van der Waals surface area contributed by atoms with E-state index in [1.165, 1.54) is 0 Å². The molecule has 0 atom stereocenters. The van der Waals surface area contributed by atoms with E-state index in [2.05, 4.69) is 4.98 Å². The van der Waals surface area contributed by atoms with Crippen LogP contribution in [0.5, 0.6) is 11.5 Å². The fourth-order valence-electron chi connectivity index (χ4n) is 2.31. The van der Waals surface area contributed by atoms with Gasteiger partial charge in [0.1, 0.15) is 16.5 Å². The Balaban J connectivity index is 2.40. The van der Waals surface area contributed by atoms with Gasteiger partial charge in [-0.1, -0.05) is 18.5 Å². The van der Waals surface area contributed by atoms with Crippen molar-refractivity contribution in [3.8, 4) is 22.1 Å². The maximum atomic E-state index is 11.4. The van der Waals surface area contributed by atoms with E-state index < -0.39 is 5.97 Å². The maximum absolute atomic E-state index is 11.4. The van der Waals surface area contributed by atoms with Gasteiger partial charge in [0.15, 0.2) is 11.5 Å². The number of aryl methyl sites for hydroxylation is 1. The van der Waals surface area contributed by atoms with Crippen molar-refractivity contribution in [3.63, 3.8) is 0 Å². The average molecular weight is 399 g/mol. The Morgan fingerprint density at radius 1 is 1.31 bits per heavy atom. The van der Waals surface area contributed by atoms with E-state index in [1.807, 2.05) is 32.8 Å². The molecule has 1 N–H and O–H groups in total. The van der Waals surface area contributed by atoms with Crippen molar-refractivity contribution >= 4 is 28.9 Å². The Labute approximate surface area is 162 Å². The van der Waals surface area contributed by atoms with E-state index in [1.54, 1.807) is 12.1 Å². The second-order valence-electron chi connectivity index (χ2n) is 5.82. The maximum Gasteiger partial charge on any atom is 0.347 e. The van der Waals surface area contributed by atoms with E-state index >= 15 is 0 Å². The molecule has 0 saturated carbocycles. The highest BCUT2D eigenvalue weighted by Crippen LogP contribution is 2.41. The van der Waals surface area contributed by atoms with E-state index in [-0.39, 0.29) is 4.88 Å². The Hall–Kier alpha value is -1.83. The first-order valence-corrected chi connectivity index (χ1v) is 9.54. The summed E-state index contributed by atoms with van der Waals surface area (Å²) < 4.78 is 11.5. The molecule has 0 aliphatic heterocycles. The number of thiazole rings is 1. The standard InChI is InChI=1S/C18H23ClN2O4S/c1-5-13-16(18(22)23)26-17(20-13)11-9-12(19)15(14(10-11)24-6-2)25-8-7-21(3)4/h9-10H,5-8H2,1-4H3,(H,22,23). The molecule has 0 bridgehead atoms. The minimum absolute atomic E-state index is 0.253. The van der Waals surface area contributed by atoms with Crippen LogP contribution in [0.15, 0.2) is 12.1 Å².